The van der Waals surface area contributed by atoms with E-state index in [4.69, 9.17) is 14.5 Å². The number of aliphatic carboxylic acids is 1. The summed E-state index contributed by atoms with van der Waals surface area (Å²) in [6, 6.07) is 1.61. The maximum absolute atomic E-state index is 11.5. The highest BCUT2D eigenvalue weighted by Crippen LogP contribution is 2.11. The van der Waals surface area contributed by atoms with Gasteiger partial charge in [0.2, 0.25) is 6.10 Å². The molecule has 2 N–H and O–H groups in total. The largest absolute Gasteiger partial charge is 0.477 e. The standard InChI is InChI=1S/C9H9N3O5/c13-8(10-4-5-1-2-11-16-5)7-3-6(9(14)15)12-17-7/h1-2,7H,3-4H2,(H,10,13)(H,14,15). The number of amides is 1. The Kier molecular flexibility index (Phi) is 3.03. The highest BCUT2D eigenvalue weighted by molar-refractivity contribution is 6.36. The second-order valence-corrected chi connectivity index (χ2v) is 3.34. The third kappa shape index (κ3) is 2.60. The van der Waals surface area contributed by atoms with Gasteiger partial charge in [-0.05, 0) is 0 Å². The summed E-state index contributed by atoms with van der Waals surface area (Å²) in [5.41, 5.74) is -0.162. The molecule has 1 aliphatic heterocycles. The Morgan fingerprint density at radius 1 is 1.59 bits per heavy atom. The van der Waals surface area contributed by atoms with Gasteiger partial charge in [-0.2, -0.15) is 0 Å². The summed E-state index contributed by atoms with van der Waals surface area (Å²) in [4.78, 5) is 26.8. The average Bonchev–Trinajstić information content (AvgIpc) is 2.96. The molecule has 90 valence electrons. The molecule has 1 aliphatic rings. The Hall–Kier alpha value is -2.38. The van der Waals surface area contributed by atoms with Gasteiger partial charge in [-0.1, -0.05) is 10.3 Å². The highest BCUT2D eigenvalue weighted by atomic mass is 16.6. The molecule has 0 fully saturated rings. The fourth-order valence-corrected chi connectivity index (χ4v) is 1.27. The van der Waals surface area contributed by atoms with E-state index in [1.807, 2.05) is 0 Å². The summed E-state index contributed by atoms with van der Waals surface area (Å²) < 4.78 is 4.78. The zero-order chi connectivity index (χ0) is 12.3. The lowest BCUT2D eigenvalue weighted by molar-refractivity contribution is -0.131. The van der Waals surface area contributed by atoms with Crippen molar-refractivity contribution in [2.24, 2.45) is 5.16 Å². The zero-order valence-electron chi connectivity index (χ0n) is 8.62. The normalized spacial score (nSPS) is 18.4. The third-order valence-corrected chi connectivity index (χ3v) is 2.14. The van der Waals surface area contributed by atoms with Gasteiger partial charge in [0.05, 0.1) is 12.7 Å². The summed E-state index contributed by atoms with van der Waals surface area (Å²) in [6.45, 7) is 0.168. The van der Waals surface area contributed by atoms with Crippen LogP contribution in [0, 0.1) is 0 Å². The van der Waals surface area contributed by atoms with E-state index < -0.39 is 18.0 Å². The molecular formula is C9H9N3O5. The molecule has 8 heteroatoms. The molecule has 0 aromatic carbocycles. The van der Waals surface area contributed by atoms with Crippen molar-refractivity contribution in [2.75, 3.05) is 0 Å². The Balaban J connectivity index is 1.81. The van der Waals surface area contributed by atoms with Crippen LogP contribution in [0.4, 0.5) is 0 Å². The van der Waals surface area contributed by atoms with E-state index in [2.05, 4.69) is 15.6 Å². The van der Waals surface area contributed by atoms with Crippen molar-refractivity contribution in [3.05, 3.63) is 18.0 Å². The van der Waals surface area contributed by atoms with E-state index in [1.165, 1.54) is 6.20 Å². The van der Waals surface area contributed by atoms with Crippen molar-refractivity contribution in [1.82, 2.24) is 10.5 Å². The number of carboxylic acid groups (broad SMARTS) is 1. The van der Waals surface area contributed by atoms with Crippen LogP contribution >= 0.6 is 0 Å². The molecule has 0 bridgehead atoms. The van der Waals surface area contributed by atoms with Gasteiger partial charge in [-0.15, -0.1) is 0 Å². The van der Waals surface area contributed by atoms with Crippen LogP contribution in [0.3, 0.4) is 0 Å². The van der Waals surface area contributed by atoms with Crippen LogP contribution in [-0.2, 0) is 21.0 Å². The molecule has 0 spiro atoms. The number of hydrogen-bond acceptors (Lipinski definition) is 6. The minimum Gasteiger partial charge on any atom is -0.477 e. The molecule has 0 saturated heterocycles. The van der Waals surface area contributed by atoms with E-state index in [1.54, 1.807) is 6.07 Å². The van der Waals surface area contributed by atoms with E-state index >= 15 is 0 Å². The second kappa shape index (κ2) is 4.64. The average molecular weight is 239 g/mol. The molecule has 0 aliphatic carbocycles. The number of carbonyl (C=O) groups excluding carboxylic acids is 1. The smallest absolute Gasteiger partial charge is 0.353 e. The van der Waals surface area contributed by atoms with Crippen LogP contribution in [-0.4, -0.2) is 34.0 Å². The SMILES string of the molecule is O=C(O)C1=NOC(C(=O)NCc2ccno2)C1. The molecule has 8 nitrogen and oxygen atoms in total. The lowest BCUT2D eigenvalue weighted by Gasteiger charge is -2.07. The Labute approximate surface area is 95.2 Å². The molecular weight excluding hydrogens is 230 g/mol. The summed E-state index contributed by atoms with van der Waals surface area (Å²) in [5.74, 6) is -1.13. The fourth-order valence-electron chi connectivity index (χ4n) is 1.27. The van der Waals surface area contributed by atoms with Gasteiger partial charge < -0.3 is 19.8 Å². The quantitative estimate of drug-likeness (QED) is 0.733. The van der Waals surface area contributed by atoms with Gasteiger partial charge in [0.1, 0.15) is 0 Å². The number of rotatable bonds is 4. The summed E-state index contributed by atoms with van der Waals surface area (Å²) in [6.07, 6.45) is 0.514. The Morgan fingerprint density at radius 2 is 2.41 bits per heavy atom. The molecule has 1 atom stereocenters. The first-order valence-electron chi connectivity index (χ1n) is 4.80. The lowest BCUT2D eigenvalue weighted by Crippen LogP contribution is -2.34. The van der Waals surface area contributed by atoms with Crippen LogP contribution < -0.4 is 5.32 Å². The van der Waals surface area contributed by atoms with Crippen LogP contribution in [0.25, 0.3) is 0 Å². The van der Waals surface area contributed by atoms with E-state index in [0.717, 1.165) is 0 Å². The van der Waals surface area contributed by atoms with Crippen molar-refractivity contribution >= 4 is 17.6 Å². The van der Waals surface area contributed by atoms with Crippen LogP contribution in [0.5, 0.6) is 0 Å². The minimum atomic E-state index is -1.18. The topological polar surface area (TPSA) is 114 Å². The number of aromatic nitrogens is 1. The molecule has 0 saturated carbocycles. The van der Waals surface area contributed by atoms with Gasteiger partial charge in [-0.25, -0.2) is 4.79 Å². The molecule has 17 heavy (non-hydrogen) atoms. The van der Waals surface area contributed by atoms with Gasteiger partial charge in [-0.3, -0.25) is 4.79 Å². The lowest BCUT2D eigenvalue weighted by atomic mass is 10.2. The Morgan fingerprint density at radius 3 is 3.00 bits per heavy atom. The number of nitrogens with zero attached hydrogens (tertiary/aromatic N) is 2. The van der Waals surface area contributed by atoms with Crippen LogP contribution in [0.15, 0.2) is 21.9 Å². The first kappa shape index (κ1) is 11.1. The van der Waals surface area contributed by atoms with Crippen molar-refractivity contribution in [3.63, 3.8) is 0 Å². The molecule has 2 rings (SSSR count). The zero-order valence-corrected chi connectivity index (χ0v) is 8.62. The molecule has 2 heterocycles. The monoisotopic (exact) mass is 239 g/mol. The molecule has 0 radical (unpaired) electrons. The predicted molar refractivity (Wildman–Crippen MR) is 52.9 cm³/mol. The van der Waals surface area contributed by atoms with Gasteiger partial charge in [0.25, 0.3) is 5.91 Å². The van der Waals surface area contributed by atoms with Crippen molar-refractivity contribution in [3.8, 4) is 0 Å². The Bertz CT molecular complexity index is 453. The van der Waals surface area contributed by atoms with E-state index in [0.29, 0.717) is 5.76 Å². The third-order valence-electron chi connectivity index (χ3n) is 2.14. The molecule has 1 aromatic rings. The first-order chi connectivity index (χ1) is 8.16. The predicted octanol–water partition coefficient (Wildman–Crippen LogP) is -0.480. The summed E-state index contributed by atoms with van der Waals surface area (Å²) in [7, 11) is 0. The van der Waals surface area contributed by atoms with Crippen LogP contribution in [0.2, 0.25) is 0 Å². The minimum absolute atomic E-state index is 0.0441. The molecule has 1 amide bonds. The first-order valence-corrected chi connectivity index (χ1v) is 4.80. The van der Waals surface area contributed by atoms with Crippen LogP contribution in [0.1, 0.15) is 12.2 Å². The molecule has 1 aromatic heterocycles. The number of carboxylic acids is 1. The second-order valence-electron chi connectivity index (χ2n) is 3.34. The number of nitrogens with one attached hydrogen (secondary N) is 1. The number of oxime groups is 1. The number of carbonyl (C=O) groups is 2. The summed E-state index contributed by atoms with van der Waals surface area (Å²) in [5, 5.41) is 17.9. The number of hydrogen-bond donors (Lipinski definition) is 2. The van der Waals surface area contributed by atoms with Crippen molar-refractivity contribution < 1.29 is 24.1 Å². The van der Waals surface area contributed by atoms with Gasteiger partial charge in [0, 0.05) is 12.5 Å². The van der Waals surface area contributed by atoms with E-state index in [9.17, 15) is 9.59 Å². The fraction of sp³-hybridized carbons (Fsp3) is 0.333. The van der Waals surface area contributed by atoms with Crippen molar-refractivity contribution in [2.45, 2.75) is 19.1 Å². The van der Waals surface area contributed by atoms with Gasteiger partial charge >= 0.3 is 5.97 Å². The summed E-state index contributed by atoms with van der Waals surface area (Å²) >= 11 is 0. The maximum atomic E-state index is 11.5. The molecule has 1 unspecified atom stereocenters. The maximum Gasteiger partial charge on any atom is 0.353 e. The highest BCUT2D eigenvalue weighted by Gasteiger charge is 2.31. The van der Waals surface area contributed by atoms with Crippen molar-refractivity contribution in [1.29, 1.82) is 0 Å². The van der Waals surface area contributed by atoms with Gasteiger partial charge in [0.15, 0.2) is 11.5 Å². The van der Waals surface area contributed by atoms with E-state index in [-0.39, 0.29) is 18.7 Å².